The van der Waals surface area contributed by atoms with Gasteiger partial charge >= 0.3 is 0 Å². The van der Waals surface area contributed by atoms with Crippen molar-refractivity contribution in [3.05, 3.63) is 46.4 Å². The van der Waals surface area contributed by atoms with Gasteiger partial charge in [-0.25, -0.2) is 0 Å². The van der Waals surface area contributed by atoms with Crippen molar-refractivity contribution < 1.29 is 4.79 Å². The predicted octanol–water partition coefficient (Wildman–Crippen LogP) is 3.04. The molecule has 0 radical (unpaired) electrons. The first-order valence-electron chi connectivity index (χ1n) is 8.88. The van der Waals surface area contributed by atoms with Crippen LogP contribution in [-0.2, 0) is 13.6 Å². The topological polar surface area (TPSA) is 56.0 Å². The highest BCUT2D eigenvalue weighted by Crippen LogP contribution is 2.29. The number of benzene rings is 1. The third kappa shape index (κ3) is 2.64. The van der Waals surface area contributed by atoms with Crippen LogP contribution in [0.4, 0.5) is 0 Å². The second kappa shape index (κ2) is 5.76. The first-order chi connectivity index (χ1) is 12.0. The molecule has 0 aliphatic heterocycles. The van der Waals surface area contributed by atoms with Crippen molar-refractivity contribution >= 4 is 27.7 Å². The third-order valence-electron chi connectivity index (χ3n) is 4.84. The lowest BCUT2D eigenvalue weighted by molar-refractivity contribution is 0.0952. The summed E-state index contributed by atoms with van der Waals surface area (Å²) in [5, 5.41) is 4.79. The van der Waals surface area contributed by atoms with E-state index >= 15 is 0 Å². The maximum Gasteiger partial charge on any atom is 0.275 e. The van der Waals surface area contributed by atoms with E-state index in [0.29, 0.717) is 23.5 Å². The molecule has 1 aliphatic carbocycles. The Balaban J connectivity index is 2.06. The van der Waals surface area contributed by atoms with Gasteiger partial charge in [0, 0.05) is 42.1 Å². The second-order valence-corrected chi connectivity index (χ2v) is 7.44. The molecule has 0 unspecified atom stereocenters. The number of carbonyl (C=O) groups is 1. The van der Waals surface area contributed by atoms with Gasteiger partial charge in [0.25, 0.3) is 11.5 Å². The zero-order chi connectivity index (χ0) is 17.7. The van der Waals surface area contributed by atoms with Crippen LogP contribution in [0.3, 0.4) is 0 Å². The van der Waals surface area contributed by atoms with E-state index in [9.17, 15) is 9.59 Å². The van der Waals surface area contributed by atoms with Crippen molar-refractivity contribution in [3.8, 4) is 0 Å². The quantitative estimate of drug-likeness (QED) is 0.795. The van der Waals surface area contributed by atoms with Crippen molar-refractivity contribution in [1.82, 2.24) is 14.5 Å². The highest BCUT2D eigenvalue weighted by molar-refractivity contribution is 6.17. The van der Waals surface area contributed by atoms with Crippen molar-refractivity contribution in [3.63, 3.8) is 0 Å². The molecule has 1 saturated carbocycles. The van der Waals surface area contributed by atoms with Gasteiger partial charge in [0.1, 0.15) is 5.52 Å². The number of para-hydroxylation sites is 1. The van der Waals surface area contributed by atoms with E-state index in [-0.39, 0.29) is 17.5 Å². The normalized spacial score (nSPS) is 14.6. The van der Waals surface area contributed by atoms with Crippen molar-refractivity contribution in [2.75, 3.05) is 0 Å². The summed E-state index contributed by atoms with van der Waals surface area (Å²) in [6.07, 6.45) is 3.82. The second-order valence-electron chi connectivity index (χ2n) is 7.44. The van der Waals surface area contributed by atoms with Crippen LogP contribution < -0.4 is 10.9 Å². The first kappa shape index (κ1) is 15.9. The van der Waals surface area contributed by atoms with Crippen molar-refractivity contribution in [1.29, 1.82) is 0 Å². The van der Waals surface area contributed by atoms with Crippen LogP contribution in [-0.4, -0.2) is 21.1 Å². The Kier molecular flexibility index (Phi) is 3.67. The molecular weight excluding hydrogens is 314 g/mol. The molecule has 25 heavy (non-hydrogen) atoms. The van der Waals surface area contributed by atoms with E-state index in [1.54, 1.807) is 10.8 Å². The number of hydrogen-bond donors (Lipinski definition) is 1. The number of fused-ring (bicyclic) bond motifs is 3. The SMILES string of the molecule is CC(C)Cn1cc(C(=O)NC2CC2)c2c3ccccc3n(C)c2c1=O. The van der Waals surface area contributed by atoms with Crippen LogP contribution in [0, 0.1) is 5.92 Å². The minimum absolute atomic E-state index is 0.0367. The van der Waals surface area contributed by atoms with Gasteiger partial charge in [0.2, 0.25) is 0 Å². The van der Waals surface area contributed by atoms with Crippen LogP contribution >= 0.6 is 0 Å². The fourth-order valence-electron chi connectivity index (χ4n) is 3.52. The molecule has 0 saturated heterocycles. The average Bonchev–Trinajstić information content (AvgIpc) is 3.34. The molecule has 3 aromatic rings. The van der Waals surface area contributed by atoms with Crippen molar-refractivity contribution in [2.24, 2.45) is 13.0 Å². The van der Waals surface area contributed by atoms with E-state index < -0.39 is 0 Å². The third-order valence-corrected chi connectivity index (χ3v) is 4.84. The lowest BCUT2D eigenvalue weighted by atomic mass is 10.1. The van der Waals surface area contributed by atoms with E-state index in [1.807, 2.05) is 35.9 Å². The molecule has 1 amide bonds. The van der Waals surface area contributed by atoms with Gasteiger partial charge in [-0.05, 0) is 24.8 Å². The number of aryl methyl sites for hydroxylation is 1. The summed E-state index contributed by atoms with van der Waals surface area (Å²) in [4.78, 5) is 25.9. The maximum atomic E-state index is 13.1. The Bertz CT molecular complexity index is 1040. The summed E-state index contributed by atoms with van der Waals surface area (Å²) >= 11 is 0. The van der Waals surface area contributed by atoms with Gasteiger partial charge in [0.05, 0.1) is 5.56 Å². The zero-order valence-corrected chi connectivity index (χ0v) is 14.9. The lowest BCUT2D eigenvalue weighted by Crippen LogP contribution is -2.30. The Morgan fingerprint density at radius 2 is 2.00 bits per heavy atom. The number of carbonyl (C=O) groups excluding carboxylic acids is 1. The van der Waals surface area contributed by atoms with Crippen molar-refractivity contribution in [2.45, 2.75) is 39.3 Å². The van der Waals surface area contributed by atoms with Crippen LogP contribution in [0.15, 0.2) is 35.3 Å². The molecule has 0 atom stereocenters. The summed E-state index contributed by atoms with van der Waals surface area (Å²) < 4.78 is 3.60. The van der Waals surface area contributed by atoms with E-state index in [4.69, 9.17) is 0 Å². The number of nitrogens with zero attached hydrogens (tertiary/aromatic N) is 2. The molecule has 2 heterocycles. The monoisotopic (exact) mass is 337 g/mol. The average molecular weight is 337 g/mol. The predicted molar refractivity (Wildman–Crippen MR) is 100 cm³/mol. The van der Waals surface area contributed by atoms with Crippen LogP contribution in [0.5, 0.6) is 0 Å². The number of nitrogens with one attached hydrogen (secondary N) is 1. The molecule has 1 fully saturated rings. The van der Waals surface area contributed by atoms with Crippen LogP contribution in [0.1, 0.15) is 37.0 Å². The minimum atomic E-state index is -0.0821. The Labute approximate surface area is 146 Å². The number of pyridine rings is 1. The summed E-state index contributed by atoms with van der Waals surface area (Å²) in [5.74, 6) is 0.241. The zero-order valence-electron chi connectivity index (χ0n) is 14.9. The number of amides is 1. The van der Waals surface area contributed by atoms with Crippen LogP contribution in [0.2, 0.25) is 0 Å². The molecule has 5 heteroatoms. The highest BCUT2D eigenvalue weighted by atomic mass is 16.2. The number of rotatable bonds is 4. The first-order valence-corrected chi connectivity index (χ1v) is 8.88. The summed E-state index contributed by atoms with van der Waals surface area (Å²) in [7, 11) is 1.90. The maximum absolute atomic E-state index is 13.1. The minimum Gasteiger partial charge on any atom is -0.349 e. The van der Waals surface area contributed by atoms with Gasteiger partial charge in [-0.3, -0.25) is 9.59 Å². The smallest absolute Gasteiger partial charge is 0.275 e. The van der Waals surface area contributed by atoms with Gasteiger partial charge in [-0.2, -0.15) is 0 Å². The summed E-state index contributed by atoms with van der Waals surface area (Å²) in [6, 6.07) is 8.16. The van der Waals surface area contributed by atoms with Gasteiger partial charge < -0.3 is 14.5 Å². The van der Waals surface area contributed by atoms with E-state index in [2.05, 4.69) is 19.2 Å². The Morgan fingerprint density at radius 1 is 1.28 bits per heavy atom. The highest BCUT2D eigenvalue weighted by Gasteiger charge is 2.27. The largest absolute Gasteiger partial charge is 0.349 e. The molecule has 0 spiro atoms. The Morgan fingerprint density at radius 3 is 2.68 bits per heavy atom. The van der Waals surface area contributed by atoms with Crippen LogP contribution in [0.25, 0.3) is 21.8 Å². The van der Waals surface area contributed by atoms with Gasteiger partial charge in [-0.15, -0.1) is 0 Å². The standard InChI is InChI=1S/C20H23N3O2/c1-12(2)10-23-11-15(19(24)21-13-8-9-13)17-14-6-4-5-7-16(14)22(3)18(17)20(23)25/h4-7,11-13H,8-10H2,1-3H3,(H,21,24). The Hall–Kier alpha value is -2.56. The van der Waals surface area contributed by atoms with E-state index in [1.165, 1.54) is 0 Å². The fraction of sp³-hybridized carbons (Fsp3) is 0.400. The van der Waals surface area contributed by atoms with E-state index in [0.717, 1.165) is 29.1 Å². The molecule has 5 nitrogen and oxygen atoms in total. The molecule has 1 N–H and O–H groups in total. The fourth-order valence-corrected chi connectivity index (χ4v) is 3.52. The summed E-state index contributed by atoms with van der Waals surface area (Å²) in [6.45, 7) is 4.74. The van der Waals surface area contributed by atoms with Gasteiger partial charge in [0.15, 0.2) is 0 Å². The molecule has 2 aromatic heterocycles. The van der Waals surface area contributed by atoms with Gasteiger partial charge in [-0.1, -0.05) is 32.0 Å². The molecule has 4 rings (SSSR count). The molecule has 1 aliphatic rings. The molecular formula is C20H23N3O2. The number of hydrogen-bond acceptors (Lipinski definition) is 2. The molecule has 130 valence electrons. The lowest BCUT2D eigenvalue weighted by Gasteiger charge is -2.13. The molecule has 1 aromatic carbocycles. The molecule has 0 bridgehead atoms. The number of aromatic nitrogens is 2. The summed E-state index contributed by atoms with van der Waals surface area (Å²) in [5.41, 5.74) is 2.13.